The van der Waals surface area contributed by atoms with Crippen LogP contribution in [0.4, 0.5) is 0 Å². The minimum Gasteiger partial charge on any atom is -0.391 e. The van der Waals surface area contributed by atoms with Crippen molar-refractivity contribution in [2.24, 2.45) is 5.92 Å². The van der Waals surface area contributed by atoms with Crippen molar-refractivity contribution in [3.63, 3.8) is 0 Å². The summed E-state index contributed by atoms with van der Waals surface area (Å²) in [7, 11) is 0. The van der Waals surface area contributed by atoms with Gasteiger partial charge < -0.3 is 9.67 Å². The summed E-state index contributed by atoms with van der Waals surface area (Å²) in [6.07, 6.45) is 14.1. The minimum absolute atomic E-state index is 0.238. The quantitative estimate of drug-likeness (QED) is 0.781. The Balaban J connectivity index is 1.92. The Morgan fingerprint density at radius 2 is 2.43 bits per heavy atom. The summed E-state index contributed by atoms with van der Waals surface area (Å²) in [5.41, 5.74) is 0. The molecule has 2 rings (SSSR count). The Labute approximate surface area is 83.4 Å². The number of rotatable bonds is 3. The molecule has 0 saturated heterocycles. The number of allylic oxidation sites excluding steroid dienone is 3. The zero-order chi connectivity index (χ0) is 9.80. The molecule has 0 aromatic carbocycles. The highest BCUT2D eigenvalue weighted by Gasteiger charge is 2.16. The number of aliphatic hydroxyl groups excluding tert-OH is 1. The molecule has 14 heavy (non-hydrogen) atoms. The molecule has 1 aliphatic carbocycles. The van der Waals surface area contributed by atoms with E-state index in [-0.39, 0.29) is 12.0 Å². The number of aromatic nitrogens is 2. The first-order chi connectivity index (χ1) is 6.86. The Kier molecular flexibility index (Phi) is 2.79. The Morgan fingerprint density at radius 3 is 3.07 bits per heavy atom. The van der Waals surface area contributed by atoms with Gasteiger partial charge >= 0.3 is 0 Å². The van der Waals surface area contributed by atoms with Crippen LogP contribution in [-0.2, 0) is 6.54 Å². The topological polar surface area (TPSA) is 38.0 Å². The molecule has 74 valence electrons. The molecule has 1 heterocycles. The van der Waals surface area contributed by atoms with Crippen molar-refractivity contribution in [1.29, 1.82) is 0 Å². The number of nitrogens with zero attached hydrogens (tertiary/aromatic N) is 2. The predicted molar refractivity (Wildman–Crippen MR) is 54.6 cm³/mol. The van der Waals surface area contributed by atoms with E-state index < -0.39 is 0 Å². The zero-order valence-electron chi connectivity index (χ0n) is 7.95. The third kappa shape index (κ3) is 2.12. The van der Waals surface area contributed by atoms with Crippen molar-refractivity contribution >= 4 is 0 Å². The first-order valence-electron chi connectivity index (χ1n) is 4.83. The Hall–Kier alpha value is -1.35. The molecule has 1 aromatic rings. The van der Waals surface area contributed by atoms with Crippen LogP contribution in [0, 0.1) is 5.92 Å². The van der Waals surface area contributed by atoms with E-state index in [4.69, 9.17) is 0 Å². The van der Waals surface area contributed by atoms with E-state index >= 15 is 0 Å². The maximum Gasteiger partial charge on any atom is 0.0946 e. The van der Waals surface area contributed by atoms with Gasteiger partial charge in [0.1, 0.15) is 0 Å². The second kappa shape index (κ2) is 4.24. The number of hydrogen-bond donors (Lipinski definition) is 1. The van der Waals surface area contributed by atoms with Crippen LogP contribution in [0.5, 0.6) is 0 Å². The van der Waals surface area contributed by atoms with Crippen molar-refractivity contribution in [3.05, 3.63) is 43.0 Å². The molecule has 0 spiro atoms. The molecule has 0 radical (unpaired) electrons. The first-order valence-corrected chi connectivity index (χ1v) is 4.83. The molecule has 1 N–H and O–H groups in total. The third-order valence-electron chi connectivity index (χ3n) is 2.47. The van der Waals surface area contributed by atoms with E-state index in [1.807, 2.05) is 22.9 Å². The van der Waals surface area contributed by atoms with Crippen LogP contribution in [-0.4, -0.2) is 20.8 Å². The average molecular weight is 190 g/mol. The molecule has 0 aliphatic heterocycles. The van der Waals surface area contributed by atoms with Crippen LogP contribution in [0.1, 0.15) is 6.42 Å². The molecule has 1 aromatic heterocycles. The molecule has 2 atom stereocenters. The van der Waals surface area contributed by atoms with Crippen molar-refractivity contribution in [1.82, 2.24) is 9.55 Å². The third-order valence-corrected chi connectivity index (χ3v) is 2.47. The van der Waals surface area contributed by atoms with E-state index in [2.05, 4.69) is 17.1 Å². The molecular formula is C11H14N2O. The lowest BCUT2D eigenvalue weighted by molar-refractivity contribution is 0.112. The van der Waals surface area contributed by atoms with Crippen LogP contribution in [0.3, 0.4) is 0 Å². The lowest BCUT2D eigenvalue weighted by Gasteiger charge is -2.20. The maximum atomic E-state index is 9.91. The lowest BCUT2D eigenvalue weighted by Crippen LogP contribution is -2.24. The Bertz CT molecular complexity index is 327. The molecular weight excluding hydrogens is 176 g/mol. The molecule has 0 bridgehead atoms. The molecule has 1 aliphatic rings. The van der Waals surface area contributed by atoms with Crippen molar-refractivity contribution < 1.29 is 5.11 Å². The molecule has 0 fully saturated rings. The summed E-state index contributed by atoms with van der Waals surface area (Å²) in [6, 6.07) is 0. The van der Waals surface area contributed by atoms with Gasteiger partial charge in [0.05, 0.1) is 19.0 Å². The highest BCUT2D eigenvalue weighted by Crippen LogP contribution is 2.16. The first kappa shape index (κ1) is 9.21. The van der Waals surface area contributed by atoms with E-state index in [9.17, 15) is 5.11 Å². The number of imidazole rings is 1. The van der Waals surface area contributed by atoms with Crippen molar-refractivity contribution in [2.45, 2.75) is 19.1 Å². The molecule has 2 unspecified atom stereocenters. The van der Waals surface area contributed by atoms with Crippen LogP contribution >= 0.6 is 0 Å². The fourth-order valence-electron chi connectivity index (χ4n) is 1.63. The van der Waals surface area contributed by atoms with Gasteiger partial charge in [0.15, 0.2) is 0 Å². The van der Waals surface area contributed by atoms with Crippen LogP contribution in [0.2, 0.25) is 0 Å². The van der Waals surface area contributed by atoms with E-state index in [0.29, 0.717) is 6.54 Å². The SMILES string of the molecule is OC(Cn1ccnc1)C1C=CC=CC1. The fourth-order valence-corrected chi connectivity index (χ4v) is 1.63. The summed E-state index contributed by atoms with van der Waals surface area (Å²) in [5, 5.41) is 9.91. The van der Waals surface area contributed by atoms with E-state index in [1.165, 1.54) is 0 Å². The number of aliphatic hydroxyl groups is 1. The molecule has 0 amide bonds. The highest BCUT2D eigenvalue weighted by atomic mass is 16.3. The summed E-state index contributed by atoms with van der Waals surface area (Å²) >= 11 is 0. The van der Waals surface area contributed by atoms with Gasteiger partial charge in [-0.1, -0.05) is 24.3 Å². The zero-order valence-corrected chi connectivity index (χ0v) is 7.95. The van der Waals surface area contributed by atoms with Crippen molar-refractivity contribution in [3.8, 4) is 0 Å². The normalized spacial score (nSPS) is 22.5. The van der Waals surface area contributed by atoms with Crippen molar-refractivity contribution in [2.75, 3.05) is 0 Å². The van der Waals surface area contributed by atoms with E-state index in [0.717, 1.165) is 6.42 Å². The minimum atomic E-state index is -0.328. The average Bonchev–Trinajstić information content (AvgIpc) is 2.72. The monoisotopic (exact) mass is 190 g/mol. The highest BCUT2D eigenvalue weighted by molar-refractivity contribution is 5.12. The fraction of sp³-hybridized carbons (Fsp3) is 0.364. The van der Waals surface area contributed by atoms with Gasteiger partial charge in [0, 0.05) is 18.3 Å². The van der Waals surface area contributed by atoms with Crippen LogP contribution in [0.25, 0.3) is 0 Å². The molecule has 3 nitrogen and oxygen atoms in total. The van der Waals surface area contributed by atoms with Gasteiger partial charge in [-0.3, -0.25) is 0 Å². The largest absolute Gasteiger partial charge is 0.391 e. The van der Waals surface area contributed by atoms with Gasteiger partial charge in [-0.05, 0) is 6.42 Å². The summed E-state index contributed by atoms with van der Waals surface area (Å²) < 4.78 is 1.90. The van der Waals surface area contributed by atoms with Gasteiger partial charge in [0.25, 0.3) is 0 Å². The lowest BCUT2D eigenvalue weighted by atomic mass is 9.95. The van der Waals surface area contributed by atoms with Gasteiger partial charge in [-0.2, -0.15) is 0 Å². The smallest absolute Gasteiger partial charge is 0.0946 e. The Morgan fingerprint density at radius 1 is 1.50 bits per heavy atom. The number of hydrogen-bond acceptors (Lipinski definition) is 2. The van der Waals surface area contributed by atoms with Gasteiger partial charge in [0.2, 0.25) is 0 Å². The van der Waals surface area contributed by atoms with Gasteiger partial charge in [-0.25, -0.2) is 4.98 Å². The van der Waals surface area contributed by atoms with Gasteiger partial charge in [-0.15, -0.1) is 0 Å². The summed E-state index contributed by atoms with van der Waals surface area (Å²) in [6.45, 7) is 0.614. The second-order valence-electron chi connectivity index (χ2n) is 3.54. The predicted octanol–water partition coefficient (Wildman–Crippen LogP) is 1.38. The summed E-state index contributed by atoms with van der Waals surface area (Å²) in [5.74, 6) is 0.238. The second-order valence-corrected chi connectivity index (χ2v) is 3.54. The standard InChI is InChI=1S/C11H14N2O/c14-11(8-13-7-6-12-9-13)10-4-2-1-3-5-10/h1-4,6-7,9-11,14H,5,8H2. The maximum absolute atomic E-state index is 9.91. The molecule has 0 saturated carbocycles. The summed E-state index contributed by atoms with van der Waals surface area (Å²) in [4.78, 5) is 3.94. The van der Waals surface area contributed by atoms with Crippen LogP contribution in [0.15, 0.2) is 43.0 Å². The van der Waals surface area contributed by atoms with Crippen LogP contribution < -0.4 is 0 Å². The molecule has 3 heteroatoms. The van der Waals surface area contributed by atoms with E-state index in [1.54, 1.807) is 12.5 Å².